The van der Waals surface area contributed by atoms with Crippen molar-refractivity contribution in [1.29, 1.82) is 0 Å². The van der Waals surface area contributed by atoms with E-state index in [0.29, 0.717) is 5.56 Å². The molecule has 0 spiro atoms. The Bertz CT molecular complexity index is 1030. The van der Waals surface area contributed by atoms with Crippen LogP contribution < -0.4 is 10.5 Å². The van der Waals surface area contributed by atoms with Crippen LogP contribution in [0.25, 0.3) is 0 Å². The first kappa shape index (κ1) is 19.8. The maximum Gasteiger partial charge on any atom is 0.249 e. The Morgan fingerprint density at radius 2 is 1.46 bits per heavy atom. The van der Waals surface area contributed by atoms with Crippen LogP contribution in [0.2, 0.25) is 0 Å². The van der Waals surface area contributed by atoms with E-state index >= 15 is 0 Å². The second kappa shape index (κ2) is 8.37. The second-order valence-corrected chi connectivity index (χ2v) is 8.33. The first-order valence-electron chi connectivity index (χ1n) is 8.88. The van der Waals surface area contributed by atoms with Gasteiger partial charge in [-0.3, -0.25) is 4.79 Å². The zero-order valence-electron chi connectivity index (χ0n) is 15.5. The monoisotopic (exact) mass is 394 g/mol. The number of aryl methyl sites for hydroxylation is 1. The van der Waals surface area contributed by atoms with E-state index in [-0.39, 0.29) is 22.9 Å². The Kier molecular flexibility index (Phi) is 5.92. The molecule has 0 aliphatic heterocycles. The van der Waals surface area contributed by atoms with Crippen LogP contribution >= 0.6 is 0 Å². The van der Waals surface area contributed by atoms with Crippen molar-refractivity contribution in [2.24, 2.45) is 5.73 Å². The smallest absolute Gasteiger partial charge is 0.249 e. The molecule has 6 heteroatoms. The predicted octanol–water partition coefficient (Wildman–Crippen LogP) is 3.20. The minimum absolute atomic E-state index is 0.0202. The highest BCUT2D eigenvalue weighted by atomic mass is 32.2. The largest absolute Gasteiger partial charge is 0.366 e. The highest BCUT2D eigenvalue weighted by Gasteiger charge is 2.21. The fourth-order valence-electron chi connectivity index (χ4n) is 3.11. The predicted molar refractivity (Wildman–Crippen MR) is 110 cm³/mol. The normalized spacial score (nSPS) is 11.5. The summed E-state index contributed by atoms with van der Waals surface area (Å²) in [5.41, 5.74) is 8.21. The van der Waals surface area contributed by atoms with E-state index in [2.05, 4.69) is 4.72 Å². The highest BCUT2D eigenvalue weighted by molar-refractivity contribution is 7.89. The van der Waals surface area contributed by atoms with Gasteiger partial charge in [0.25, 0.3) is 0 Å². The van der Waals surface area contributed by atoms with E-state index in [1.54, 1.807) is 13.0 Å². The van der Waals surface area contributed by atoms with Gasteiger partial charge in [-0.15, -0.1) is 0 Å². The molecule has 0 atom stereocenters. The minimum Gasteiger partial charge on any atom is -0.366 e. The number of nitrogens with two attached hydrogens (primary N) is 1. The zero-order valence-corrected chi connectivity index (χ0v) is 16.3. The van der Waals surface area contributed by atoms with Crippen LogP contribution in [0.4, 0.5) is 0 Å². The summed E-state index contributed by atoms with van der Waals surface area (Å²) in [6.07, 6.45) is 0. The number of rotatable bonds is 7. The minimum atomic E-state index is -3.80. The molecule has 28 heavy (non-hydrogen) atoms. The number of hydrogen-bond donors (Lipinski definition) is 2. The van der Waals surface area contributed by atoms with Crippen molar-refractivity contribution in [3.8, 4) is 0 Å². The van der Waals surface area contributed by atoms with Crippen LogP contribution in [0, 0.1) is 6.92 Å². The lowest BCUT2D eigenvalue weighted by Crippen LogP contribution is -2.29. The molecule has 3 aromatic carbocycles. The Labute approximate surface area is 165 Å². The number of hydrogen-bond acceptors (Lipinski definition) is 3. The molecule has 0 saturated heterocycles. The lowest BCUT2D eigenvalue weighted by atomic mass is 9.92. The van der Waals surface area contributed by atoms with Crippen molar-refractivity contribution in [2.75, 3.05) is 6.54 Å². The third-order valence-corrected chi connectivity index (χ3v) is 6.09. The van der Waals surface area contributed by atoms with Gasteiger partial charge in [0.05, 0.1) is 4.90 Å². The van der Waals surface area contributed by atoms with Gasteiger partial charge in [0, 0.05) is 18.0 Å². The van der Waals surface area contributed by atoms with Crippen molar-refractivity contribution in [1.82, 2.24) is 4.72 Å². The van der Waals surface area contributed by atoms with Gasteiger partial charge in [-0.05, 0) is 35.7 Å². The molecule has 0 bridgehead atoms. The van der Waals surface area contributed by atoms with Gasteiger partial charge in [0.1, 0.15) is 0 Å². The van der Waals surface area contributed by atoms with Crippen LogP contribution in [0.3, 0.4) is 0 Å². The fourth-order valence-corrected chi connectivity index (χ4v) is 4.18. The Morgan fingerprint density at radius 3 is 1.96 bits per heavy atom. The molecule has 0 fully saturated rings. The Hall–Kier alpha value is -2.96. The van der Waals surface area contributed by atoms with Gasteiger partial charge < -0.3 is 5.73 Å². The first-order valence-corrected chi connectivity index (χ1v) is 10.4. The summed E-state index contributed by atoms with van der Waals surface area (Å²) in [4.78, 5) is 11.6. The van der Waals surface area contributed by atoms with Crippen molar-refractivity contribution >= 4 is 15.9 Å². The average molecular weight is 394 g/mol. The van der Waals surface area contributed by atoms with E-state index in [4.69, 9.17) is 5.73 Å². The van der Waals surface area contributed by atoms with E-state index in [1.807, 2.05) is 60.7 Å². The summed E-state index contributed by atoms with van der Waals surface area (Å²) in [7, 11) is -3.80. The number of carbonyl (C=O) groups is 1. The maximum absolute atomic E-state index is 12.8. The lowest BCUT2D eigenvalue weighted by Gasteiger charge is -2.19. The molecule has 0 aliphatic rings. The summed E-state index contributed by atoms with van der Waals surface area (Å²) in [6, 6.07) is 23.8. The molecule has 0 aliphatic carbocycles. The van der Waals surface area contributed by atoms with Gasteiger partial charge in [0.15, 0.2) is 0 Å². The number of benzene rings is 3. The molecule has 3 aromatic rings. The topological polar surface area (TPSA) is 89.3 Å². The van der Waals surface area contributed by atoms with Crippen LogP contribution in [0.1, 0.15) is 33.0 Å². The molecule has 3 rings (SSSR count). The Morgan fingerprint density at radius 1 is 0.929 bits per heavy atom. The number of carbonyl (C=O) groups excluding carboxylic acids is 1. The van der Waals surface area contributed by atoms with Crippen LogP contribution in [0.15, 0.2) is 83.8 Å². The number of sulfonamides is 1. The SMILES string of the molecule is Cc1ccc(S(=O)(=O)NCC(c2ccccc2)c2ccccc2)cc1C(N)=O. The summed E-state index contributed by atoms with van der Waals surface area (Å²) in [5.74, 6) is -0.792. The molecule has 5 nitrogen and oxygen atoms in total. The molecular formula is C22H22N2O3S. The van der Waals surface area contributed by atoms with Crippen molar-refractivity contribution in [2.45, 2.75) is 17.7 Å². The first-order chi connectivity index (χ1) is 13.4. The van der Waals surface area contributed by atoms with Gasteiger partial charge in [-0.25, -0.2) is 13.1 Å². The van der Waals surface area contributed by atoms with Gasteiger partial charge in [0.2, 0.25) is 15.9 Å². The summed E-state index contributed by atoms with van der Waals surface area (Å²) in [6.45, 7) is 1.90. The molecule has 0 heterocycles. The van der Waals surface area contributed by atoms with E-state index < -0.39 is 15.9 Å². The summed E-state index contributed by atoms with van der Waals surface area (Å²) >= 11 is 0. The van der Waals surface area contributed by atoms with Crippen molar-refractivity contribution < 1.29 is 13.2 Å². The third-order valence-electron chi connectivity index (χ3n) is 4.67. The van der Waals surface area contributed by atoms with Crippen LogP contribution in [-0.4, -0.2) is 20.9 Å². The van der Waals surface area contributed by atoms with E-state index in [9.17, 15) is 13.2 Å². The standard InChI is InChI=1S/C22H22N2O3S/c1-16-12-13-19(14-20(16)22(23)25)28(26,27)24-15-21(17-8-4-2-5-9-17)18-10-6-3-7-11-18/h2-14,21,24H,15H2,1H3,(H2,23,25). The molecule has 1 amide bonds. The van der Waals surface area contributed by atoms with E-state index in [1.165, 1.54) is 12.1 Å². The quantitative estimate of drug-likeness (QED) is 0.645. The molecule has 0 radical (unpaired) electrons. The highest BCUT2D eigenvalue weighted by Crippen LogP contribution is 2.24. The Balaban J connectivity index is 1.89. The fraction of sp³-hybridized carbons (Fsp3) is 0.136. The third kappa shape index (κ3) is 4.47. The molecule has 3 N–H and O–H groups in total. The number of primary amides is 1. The van der Waals surface area contributed by atoms with Gasteiger partial charge in [-0.1, -0.05) is 66.7 Å². The van der Waals surface area contributed by atoms with Crippen molar-refractivity contribution in [3.63, 3.8) is 0 Å². The van der Waals surface area contributed by atoms with E-state index in [0.717, 1.165) is 11.1 Å². The molecule has 0 saturated carbocycles. The molecule has 144 valence electrons. The van der Waals surface area contributed by atoms with Crippen LogP contribution in [-0.2, 0) is 10.0 Å². The number of amides is 1. The second-order valence-electron chi connectivity index (χ2n) is 6.57. The molecule has 0 aromatic heterocycles. The molecular weight excluding hydrogens is 372 g/mol. The lowest BCUT2D eigenvalue weighted by molar-refractivity contribution is 0.0999. The maximum atomic E-state index is 12.8. The summed E-state index contributed by atoms with van der Waals surface area (Å²) < 4.78 is 28.3. The molecule has 0 unspecified atom stereocenters. The van der Waals surface area contributed by atoms with Crippen LogP contribution in [0.5, 0.6) is 0 Å². The van der Waals surface area contributed by atoms with Crippen molar-refractivity contribution in [3.05, 3.63) is 101 Å². The summed E-state index contributed by atoms with van der Waals surface area (Å²) in [5, 5.41) is 0. The van der Waals surface area contributed by atoms with Gasteiger partial charge in [-0.2, -0.15) is 0 Å². The average Bonchev–Trinajstić information content (AvgIpc) is 2.69. The number of nitrogens with one attached hydrogen (secondary N) is 1. The zero-order chi connectivity index (χ0) is 20.1. The van der Waals surface area contributed by atoms with Gasteiger partial charge >= 0.3 is 0 Å².